The first kappa shape index (κ1) is 18.1. The summed E-state index contributed by atoms with van der Waals surface area (Å²) in [4.78, 5) is 22.8. The molecule has 1 aromatic carbocycles. The molecule has 1 aromatic rings. The van der Waals surface area contributed by atoms with Crippen LogP contribution in [-0.2, 0) is 14.3 Å². The van der Waals surface area contributed by atoms with Crippen molar-refractivity contribution in [1.82, 2.24) is 5.32 Å². The number of hydrogen-bond acceptors (Lipinski definition) is 4. The van der Waals surface area contributed by atoms with E-state index in [1.165, 1.54) is 32.2 Å². The number of amides is 1. The van der Waals surface area contributed by atoms with Crippen LogP contribution in [-0.4, -0.2) is 41.3 Å². The molecule has 0 aliphatic heterocycles. The molecule has 1 rings (SSSR count). The highest BCUT2D eigenvalue weighted by Gasteiger charge is 2.30. The summed E-state index contributed by atoms with van der Waals surface area (Å²) in [6.45, 7) is 1.55. The predicted molar refractivity (Wildman–Crippen MR) is 76.7 cm³/mol. The Labute approximate surface area is 127 Å². The highest BCUT2D eigenvalue weighted by Crippen LogP contribution is 2.18. The maximum atomic E-state index is 13.1. The van der Waals surface area contributed by atoms with Crippen LogP contribution < -0.4 is 5.32 Å². The van der Waals surface area contributed by atoms with Crippen molar-refractivity contribution < 1.29 is 28.9 Å². The van der Waals surface area contributed by atoms with Gasteiger partial charge in [-0.05, 0) is 24.6 Å². The Bertz CT molecular complexity index is 536. The zero-order valence-electron chi connectivity index (χ0n) is 12.5. The van der Waals surface area contributed by atoms with Crippen LogP contribution in [0, 0.1) is 5.82 Å². The minimum absolute atomic E-state index is 0.0150. The average Bonchev–Trinajstić information content (AvgIpc) is 2.37. The van der Waals surface area contributed by atoms with Crippen LogP contribution in [0.3, 0.4) is 0 Å². The summed E-state index contributed by atoms with van der Waals surface area (Å²) in [5.74, 6) is -2.13. The van der Waals surface area contributed by atoms with Gasteiger partial charge in [0.1, 0.15) is 5.82 Å². The highest BCUT2D eigenvalue weighted by molar-refractivity contribution is 5.78. The molecule has 0 radical (unpaired) electrons. The molecule has 3 N–H and O–H groups in total. The summed E-state index contributed by atoms with van der Waals surface area (Å²) in [6, 6.07) is 5.32. The summed E-state index contributed by atoms with van der Waals surface area (Å²) < 4.78 is 18.0. The summed E-state index contributed by atoms with van der Waals surface area (Å²) in [5.41, 5.74) is -0.805. The van der Waals surface area contributed by atoms with Crippen molar-refractivity contribution >= 4 is 11.9 Å². The number of carbonyl (C=O) groups excluding carboxylic acids is 1. The Morgan fingerprint density at radius 3 is 2.68 bits per heavy atom. The fraction of sp³-hybridized carbons (Fsp3) is 0.467. The number of aliphatic carboxylic acids is 1. The minimum atomic E-state index is -1.17. The summed E-state index contributed by atoms with van der Waals surface area (Å²) in [6.07, 6.45) is -1.79. The molecule has 0 saturated heterocycles. The van der Waals surface area contributed by atoms with E-state index in [4.69, 9.17) is 9.84 Å². The second-order valence-electron chi connectivity index (χ2n) is 5.39. The normalized spacial score (nSPS) is 14.9. The molecule has 7 heteroatoms. The van der Waals surface area contributed by atoms with Crippen molar-refractivity contribution in [2.75, 3.05) is 13.7 Å². The molecule has 0 spiro atoms. The van der Waals surface area contributed by atoms with Crippen molar-refractivity contribution in [3.63, 3.8) is 0 Å². The third-order valence-electron chi connectivity index (χ3n) is 3.06. The van der Waals surface area contributed by atoms with E-state index in [1.807, 2.05) is 0 Å². The van der Waals surface area contributed by atoms with E-state index >= 15 is 0 Å². The van der Waals surface area contributed by atoms with Gasteiger partial charge in [0.25, 0.3) is 0 Å². The number of carboxylic acid groups (broad SMARTS) is 1. The first-order valence-electron chi connectivity index (χ1n) is 6.71. The number of aliphatic hydroxyl groups is 1. The topological polar surface area (TPSA) is 95.9 Å². The maximum absolute atomic E-state index is 13.1. The Morgan fingerprint density at radius 2 is 2.14 bits per heavy atom. The van der Waals surface area contributed by atoms with E-state index in [-0.39, 0.29) is 25.0 Å². The highest BCUT2D eigenvalue weighted by atomic mass is 19.1. The molecule has 0 aliphatic carbocycles. The van der Waals surface area contributed by atoms with Crippen LogP contribution in [0.5, 0.6) is 0 Å². The first-order chi connectivity index (χ1) is 10.3. The van der Waals surface area contributed by atoms with Crippen molar-refractivity contribution in [1.29, 1.82) is 0 Å². The third-order valence-corrected chi connectivity index (χ3v) is 3.06. The lowest BCUT2D eigenvalue weighted by atomic mass is 9.98. The van der Waals surface area contributed by atoms with Crippen molar-refractivity contribution in [2.24, 2.45) is 0 Å². The van der Waals surface area contributed by atoms with Gasteiger partial charge in [-0.1, -0.05) is 12.1 Å². The minimum Gasteiger partial charge on any atom is -0.481 e. The van der Waals surface area contributed by atoms with Crippen molar-refractivity contribution in [3.05, 3.63) is 35.6 Å². The van der Waals surface area contributed by atoms with E-state index in [0.717, 1.165) is 6.07 Å². The average molecular weight is 313 g/mol. The Hall–Kier alpha value is -1.99. The zero-order chi connectivity index (χ0) is 16.8. The molecule has 2 unspecified atom stereocenters. The maximum Gasteiger partial charge on any atom is 0.305 e. The van der Waals surface area contributed by atoms with E-state index < -0.39 is 29.3 Å². The molecular formula is C15H20FNO5. The first-order valence-corrected chi connectivity index (χ1v) is 6.71. The second kappa shape index (κ2) is 7.86. The van der Waals surface area contributed by atoms with Gasteiger partial charge in [0.2, 0.25) is 5.91 Å². The van der Waals surface area contributed by atoms with E-state index in [1.54, 1.807) is 0 Å². The SMILES string of the molecule is COCC(C)(CC(=O)O)NC(=O)CC(O)c1cccc(F)c1. The number of ether oxygens (including phenoxy) is 1. The number of hydrogen-bond donors (Lipinski definition) is 3. The Morgan fingerprint density at radius 1 is 1.45 bits per heavy atom. The molecule has 1 amide bonds. The third kappa shape index (κ3) is 5.79. The molecule has 22 heavy (non-hydrogen) atoms. The number of aliphatic hydroxyl groups excluding tert-OH is 1. The van der Waals surface area contributed by atoms with Gasteiger partial charge in [-0.15, -0.1) is 0 Å². The molecule has 2 atom stereocenters. The largest absolute Gasteiger partial charge is 0.481 e. The summed E-state index contributed by atoms with van der Waals surface area (Å²) in [7, 11) is 1.40. The zero-order valence-corrected chi connectivity index (χ0v) is 12.5. The van der Waals surface area contributed by atoms with Crippen LogP contribution >= 0.6 is 0 Å². The molecule has 0 fully saturated rings. The van der Waals surface area contributed by atoms with Gasteiger partial charge in [-0.25, -0.2) is 4.39 Å². The fourth-order valence-electron chi connectivity index (χ4n) is 2.18. The van der Waals surface area contributed by atoms with Crippen LogP contribution in [0.25, 0.3) is 0 Å². The van der Waals surface area contributed by atoms with Crippen LogP contribution in [0.1, 0.15) is 31.4 Å². The van der Waals surface area contributed by atoms with E-state index in [0.29, 0.717) is 0 Å². The van der Waals surface area contributed by atoms with Gasteiger partial charge in [0, 0.05) is 7.11 Å². The Kier molecular flexibility index (Phi) is 6.45. The van der Waals surface area contributed by atoms with E-state index in [9.17, 15) is 19.1 Å². The van der Waals surface area contributed by atoms with Gasteiger partial charge in [0.15, 0.2) is 0 Å². The molecule has 6 nitrogen and oxygen atoms in total. The lowest BCUT2D eigenvalue weighted by molar-refractivity contribution is -0.139. The number of benzene rings is 1. The summed E-state index contributed by atoms with van der Waals surface area (Å²) in [5, 5.41) is 21.4. The van der Waals surface area contributed by atoms with Crippen molar-refractivity contribution in [3.8, 4) is 0 Å². The quantitative estimate of drug-likeness (QED) is 0.671. The van der Waals surface area contributed by atoms with Gasteiger partial charge < -0.3 is 20.3 Å². The Balaban J connectivity index is 2.68. The number of halogens is 1. The predicted octanol–water partition coefficient (Wildman–Crippen LogP) is 1.25. The van der Waals surface area contributed by atoms with E-state index in [2.05, 4.69) is 5.32 Å². The van der Waals surface area contributed by atoms with Crippen LogP contribution in [0.2, 0.25) is 0 Å². The second-order valence-corrected chi connectivity index (χ2v) is 5.39. The monoisotopic (exact) mass is 313 g/mol. The molecule has 0 aliphatic rings. The number of methoxy groups -OCH3 is 1. The lowest BCUT2D eigenvalue weighted by Gasteiger charge is -2.29. The standard InChI is InChI=1S/C15H20FNO5/c1-15(9-22-2,8-14(20)21)17-13(19)7-12(18)10-4-3-5-11(16)6-10/h3-6,12,18H,7-9H2,1-2H3,(H,17,19)(H,20,21). The number of carbonyl (C=O) groups is 2. The van der Waals surface area contributed by atoms with Gasteiger partial charge in [0.05, 0.1) is 31.1 Å². The van der Waals surface area contributed by atoms with Crippen LogP contribution in [0.4, 0.5) is 4.39 Å². The molecule has 0 saturated carbocycles. The number of rotatable bonds is 8. The molecule has 0 aromatic heterocycles. The molecule has 122 valence electrons. The smallest absolute Gasteiger partial charge is 0.305 e. The molecule has 0 heterocycles. The van der Waals surface area contributed by atoms with Crippen molar-refractivity contribution in [2.45, 2.75) is 31.4 Å². The molecular weight excluding hydrogens is 293 g/mol. The number of carboxylic acids is 1. The fourth-order valence-corrected chi connectivity index (χ4v) is 2.18. The van der Waals surface area contributed by atoms with Crippen LogP contribution in [0.15, 0.2) is 24.3 Å². The lowest BCUT2D eigenvalue weighted by Crippen LogP contribution is -2.51. The molecule has 0 bridgehead atoms. The van der Waals surface area contributed by atoms with Gasteiger partial charge in [-0.2, -0.15) is 0 Å². The van der Waals surface area contributed by atoms with Gasteiger partial charge in [-0.3, -0.25) is 9.59 Å². The summed E-state index contributed by atoms with van der Waals surface area (Å²) >= 11 is 0. The number of nitrogens with one attached hydrogen (secondary N) is 1. The van der Waals surface area contributed by atoms with Gasteiger partial charge >= 0.3 is 5.97 Å².